The first-order valence-electron chi connectivity index (χ1n) is 14.4. The third-order valence-electron chi connectivity index (χ3n) is 7.04. The number of para-hydroxylation sites is 4. The van der Waals surface area contributed by atoms with Gasteiger partial charge in [-0.25, -0.2) is 0 Å². The molecule has 6 rings (SSSR count). The molecule has 0 aliphatic carbocycles. The molecule has 0 N–H and O–H groups in total. The lowest BCUT2D eigenvalue weighted by Crippen LogP contribution is -2.00. The quantitative estimate of drug-likeness (QED) is 0.139. The van der Waals surface area contributed by atoms with Crippen molar-refractivity contribution in [1.29, 1.82) is 0 Å². The molecule has 0 fully saturated rings. The maximum atomic E-state index is 13.3. The zero-order valence-corrected chi connectivity index (χ0v) is 26.5. The highest BCUT2D eigenvalue weighted by Gasteiger charge is 2.20. The molecule has 4 aromatic carbocycles. The molecule has 0 aliphatic rings. The van der Waals surface area contributed by atoms with Crippen LogP contribution in [0.15, 0.2) is 121 Å². The van der Waals surface area contributed by atoms with Crippen molar-refractivity contribution in [1.82, 2.24) is 19.6 Å². The van der Waals surface area contributed by atoms with Crippen molar-refractivity contribution in [3.8, 4) is 34.6 Å². The number of benzene rings is 4. The Hall–Kier alpha value is -5.37. The number of ketones is 1. The Kier molecular flexibility index (Phi) is 9.15. The Morgan fingerprint density at radius 3 is 1.35 bits per heavy atom. The number of carbonyl (C=O) groups is 1. The van der Waals surface area contributed by atoms with Crippen LogP contribution < -0.4 is 9.47 Å². The maximum absolute atomic E-state index is 13.3. The van der Waals surface area contributed by atoms with Crippen molar-refractivity contribution < 1.29 is 14.3 Å². The molecule has 0 aliphatic heterocycles. The Morgan fingerprint density at radius 1 is 0.587 bits per heavy atom. The summed E-state index contributed by atoms with van der Waals surface area (Å²) in [5.74, 6) is 1.55. The van der Waals surface area contributed by atoms with Gasteiger partial charge in [-0.05, 0) is 86.7 Å². The van der Waals surface area contributed by atoms with E-state index >= 15 is 0 Å². The van der Waals surface area contributed by atoms with Crippen LogP contribution >= 0.6 is 23.2 Å². The molecule has 0 spiro atoms. The molecule has 0 saturated heterocycles. The van der Waals surface area contributed by atoms with Crippen molar-refractivity contribution in [2.45, 2.75) is 13.8 Å². The van der Waals surface area contributed by atoms with Crippen LogP contribution in [-0.4, -0.2) is 25.3 Å². The third-order valence-corrected chi connectivity index (χ3v) is 7.67. The van der Waals surface area contributed by atoms with Crippen molar-refractivity contribution in [3.05, 3.63) is 154 Å². The lowest BCUT2D eigenvalue weighted by Gasteiger charge is -2.11. The molecule has 46 heavy (non-hydrogen) atoms. The predicted octanol–water partition coefficient (Wildman–Crippen LogP) is 9.86. The molecule has 0 radical (unpaired) electrons. The molecule has 7 nitrogen and oxygen atoms in total. The number of nitrogens with zero attached hydrogens (tertiary/aromatic N) is 4. The number of hydrogen-bond acceptors (Lipinski definition) is 5. The van der Waals surface area contributed by atoms with Gasteiger partial charge in [0.25, 0.3) is 0 Å². The lowest BCUT2D eigenvalue weighted by atomic mass is 10.1. The number of allylic oxidation sites excluding steroid dienone is 2. The van der Waals surface area contributed by atoms with Crippen LogP contribution in [-0.2, 0) is 4.79 Å². The minimum atomic E-state index is -0.258. The first kappa shape index (κ1) is 30.6. The van der Waals surface area contributed by atoms with Crippen molar-refractivity contribution >= 4 is 41.1 Å². The highest BCUT2D eigenvalue weighted by molar-refractivity contribution is 6.32. The van der Waals surface area contributed by atoms with E-state index in [1.54, 1.807) is 45.8 Å². The van der Waals surface area contributed by atoms with Crippen LogP contribution in [0.2, 0.25) is 10.0 Å². The van der Waals surface area contributed by atoms with Gasteiger partial charge in [0.05, 0.1) is 43.9 Å². The zero-order chi connectivity index (χ0) is 32.0. The number of halogens is 2. The second kappa shape index (κ2) is 13.7. The topological polar surface area (TPSA) is 71.2 Å². The first-order valence-corrected chi connectivity index (χ1v) is 15.2. The van der Waals surface area contributed by atoms with Crippen LogP contribution in [0.3, 0.4) is 0 Å². The van der Waals surface area contributed by atoms with Crippen molar-refractivity contribution in [2.24, 2.45) is 0 Å². The molecule has 0 unspecified atom stereocenters. The summed E-state index contributed by atoms with van der Waals surface area (Å²) in [7, 11) is 0. The Balaban J connectivity index is 1.34. The van der Waals surface area contributed by atoms with Crippen LogP contribution in [0.5, 0.6) is 23.3 Å². The average molecular weight is 648 g/mol. The van der Waals surface area contributed by atoms with Gasteiger partial charge in [0, 0.05) is 0 Å². The molecular formula is C37H28Cl2N4O3. The van der Waals surface area contributed by atoms with E-state index in [1.807, 2.05) is 98.8 Å². The summed E-state index contributed by atoms with van der Waals surface area (Å²) in [6.07, 6.45) is 6.34. The number of rotatable bonds is 10. The van der Waals surface area contributed by atoms with Gasteiger partial charge in [0.1, 0.15) is 11.5 Å². The highest BCUT2D eigenvalue weighted by atomic mass is 35.5. The van der Waals surface area contributed by atoms with Gasteiger partial charge in [-0.1, -0.05) is 83.9 Å². The second-order valence-corrected chi connectivity index (χ2v) is 11.1. The summed E-state index contributed by atoms with van der Waals surface area (Å²) in [4.78, 5) is 13.3. The molecular weight excluding hydrogens is 619 g/mol. The summed E-state index contributed by atoms with van der Waals surface area (Å²) >= 11 is 12.8. The van der Waals surface area contributed by atoms with Gasteiger partial charge in [0.2, 0.25) is 11.8 Å². The summed E-state index contributed by atoms with van der Waals surface area (Å²) in [5, 5.41) is 10.3. The van der Waals surface area contributed by atoms with Gasteiger partial charge in [-0.2, -0.15) is 19.6 Å². The van der Waals surface area contributed by atoms with E-state index in [0.29, 0.717) is 55.8 Å². The Labute approximate surface area is 276 Å². The fraction of sp³-hybridized carbons (Fsp3) is 0.0541. The normalized spacial score (nSPS) is 11.4. The number of hydrogen-bond donors (Lipinski definition) is 0. The van der Waals surface area contributed by atoms with E-state index in [4.69, 9.17) is 42.9 Å². The lowest BCUT2D eigenvalue weighted by molar-refractivity contribution is -0.110. The molecule has 0 bridgehead atoms. The van der Waals surface area contributed by atoms with E-state index in [9.17, 15) is 4.79 Å². The van der Waals surface area contributed by atoms with Crippen molar-refractivity contribution in [3.63, 3.8) is 0 Å². The largest absolute Gasteiger partial charge is 0.437 e. The summed E-state index contributed by atoms with van der Waals surface area (Å²) in [6, 6.07) is 33.6. The molecule has 0 atom stereocenters. The molecule has 0 amide bonds. The second-order valence-electron chi connectivity index (χ2n) is 10.2. The number of aryl methyl sites for hydroxylation is 2. The highest BCUT2D eigenvalue weighted by Crippen LogP contribution is 2.36. The van der Waals surface area contributed by atoms with Crippen LogP contribution in [0.4, 0.5) is 0 Å². The molecule has 0 saturated carbocycles. The predicted molar refractivity (Wildman–Crippen MR) is 183 cm³/mol. The fourth-order valence-electron chi connectivity index (χ4n) is 4.75. The Bertz CT molecular complexity index is 1920. The zero-order valence-electron chi connectivity index (χ0n) is 25.0. The molecule has 6 aromatic rings. The van der Waals surface area contributed by atoms with E-state index in [0.717, 1.165) is 11.4 Å². The molecule has 9 heteroatoms. The molecule has 2 heterocycles. The monoisotopic (exact) mass is 646 g/mol. The molecule has 228 valence electrons. The number of carbonyl (C=O) groups excluding carboxylic acids is 1. The van der Waals surface area contributed by atoms with Gasteiger partial charge in [-0.15, -0.1) is 0 Å². The van der Waals surface area contributed by atoms with E-state index in [2.05, 4.69) is 0 Å². The van der Waals surface area contributed by atoms with Crippen molar-refractivity contribution in [2.75, 3.05) is 0 Å². The van der Waals surface area contributed by atoms with Crippen LogP contribution in [0, 0.1) is 13.8 Å². The van der Waals surface area contributed by atoms with E-state index in [1.165, 1.54) is 12.2 Å². The van der Waals surface area contributed by atoms with E-state index in [-0.39, 0.29) is 5.78 Å². The standard InChI is InChI=1S/C37H28Cl2N4O3/c1-25-30(36(45-34-19-11-9-17-32(34)38)42(40-25)27-13-5-3-6-14-27)23-21-29(44)22-24-31-26(2)41-43(28-15-7-4-8-16-28)37(31)46-35-20-12-10-18-33(35)39/h3-24H,1-2H3/b23-21+,24-22+. The summed E-state index contributed by atoms with van der Waals surface area (Å²) in [6.45, 7) is 3.72. The number of aromatic nitrogens is 4. The maximum Gasteiger partial charge on any atom is 0.230 e. The van der Waals surface area contributed by atoms with Gasteiger partial charge < -0.3 is 9.47 Å². The van der Waals surface area contributed by atoms with Crippen LogP contribution in [0.1, 0.15) is 22.5 Å². The first-order chi connectivity index (χ1) is 22.4. The van der Waals surface area contributed by atoms with Gasteiger partial charge >= 0.3 is 0 Å². The minimum Gasteiger partial charge on any atom is -0.437 e. The number of ether oxygens (including phenoxy) is 2. The summed E-state index contributed by atoms with van der Waals surface area (Å²) in [5.41, 5.74) is 4.23. The van der Waals surface area contributed by atoms with E-state index < -0.39 is 0 Å². The molecule has 2 aromatic heterocycles. The third kappa shape index (κ3) is 6.66. The van der Waals surface area contributed by atoms with Crippen LogP contribution in [0.25, 0.3) is 23.5 Å². The SMILES string of the molecule is Cc1nn(-c2ccccc2)c(Oc2ccccc2Cl)c1/C=C/C(=O)/C=C/c1c(C)nn(-c2ccccc2)c1Oc1ccccc1Cl. The average Bonchev–Trinajstić information content (AvgIpc) is 3.56. The fourth-order valence-corrected chi connectivity index (χ4v) is 5.10. The van der Waals surface area contributed by atoms with Gasteiger partial charge in [0.15, 0.2) is 5.78 Å². The Morgan fingerprint density at radius 2 is 0.957 bits per heavy atom. The smallest absolute Gasteiger partial charge is 0.230 e. The minimum absolute atomic E-state index is 0.258. The summed E-state index contributed by atoms with van der Waals surface area (Å²) < 4.78 is 16.0. The van der Waals surface area contributed by atoms with Gasteiger partial charge in [-0.3, -0.25) is 4.79 Å².